The van der Waals surface area contributed by atoms with E-state index in [1.54, 1.807) is 18.3 Å². The molecule has 0 saturated carbocycles. The molecule has 8 nitrogen and oxygen atoms in total. The second kappa shape index (κ2) is 5.95. The highest BCUT2D eigenvalue weighted by atomic mass is 31.2. The van der Waals surface area contributed by atoms with Crippen LogP contribution >= 0.6 is 7.37 Å². The van der Waals surface area contributed by atoms with Crippen molar-refractivity contribution < 1.29 is 24.5 Å². The molecular weight excluding hydrogens is 297 g/mol. The van der Waals surface area contributed by atoms with E-state index in [9.17, 15) is 19.4 Å². The van der Waals surface area contributed by atoms with Gasteiger partial charge in [-0.15, -0.1) is 0 Å². The van der Waals surface area contributed by atoms with Crippen molar-refractivity contribution in [3.05, 3.63) is 30.1 Å². The molecule has 6 N–H and O–H groups in total. The lowest BCUT2D eigenvalue weighted by atomic mass is 10.2. The number of hydrogen-bond donors (Lipinski definition) is 5. The normalized spacial score (nSPS) is 17.3. The van der Waals surface area contributed by atoms with Crippen molar-refractivity contribution >= 4 is 24.4 Å². The van der Waals surface area contributed by atoms with Crippen LogP contribution in [0.1, 0.15) is 17.8 Å². The maximum atomic E-state index is 12.2. The van der Waals surface area contributed by atoms with E-state index >= 15 is 0 Å². The van der Waals surface area contributed by atoms with Gasteiger partial charge in [0.25, 0.3) is 0 Å². The molecule has 0 aliphatic heterocycles. The molecular formula is C12H16N3O5P. The van der Waals surface area contributed by atoms with Crippen LogP contribution in [-0.4, -0.2) is 43.2 Å². The fourth-order valence-corrected chi connectivity index (χ4v) is 3.52. The largest absolute Gasteiger partial charge is 0.480 e. The zero-order valence-electron chi connectivity index (χ0n) is 11.0. The van der Waals surface area contributed by atoms with E-state index in [1.165, 1.54) is 6.20 Å². The maximum Gasteiger partial charge on any atom is 0.320 e. The van der Waals surface area contributed by atoms with Crippen molar-refractivity contribution in [1.29, 1.82) is 0 Å². The molecule has 21 heavy (non-hydrogen) atoms. The number of aliphatic hydroxyl groups excluding tert-OH is 1. The van der Waals surface area contributed by atoms with E-state index in [4.69, 9.17) is 10.8 Å². The minimum atomic E-state index is -4.01. The number of nitrogens with one attached hydrogen (secondary N) is 1. The third kappa shape index (κ3) is 3.30. The number of carbonyl (C=O) groups is 1. The van der Waals surface area contributed by atoms with Crippen LogP contribution in [0.5, 0.6) is 0 Å². The van der Waals surface area contributed by atoms with E-state index in [0.29, 0.717) is 11.0 Å². The number of aromatic amines is 1. The van der Waals surface area contributed by atoms with Gasteiger partial charge in [0.2, 0.25) is 7.37 Å². The van der Waals surface area contributed by atoms with Gasteiger partial charge in [0.05, 0.1) is 0 Å². The molecule has 0 aliphatic carbocycles. The van der Waals surface area contributed by atoms with Crippen LogP contribution in [0.15, 0.2) is 24.5 Å². The van der Waals surface area contributed by atoms with Crippen LogP contribution < -0.4 is 5.73 Å². The number of hydrogen-bond acceptors (Lipinski definition) is 5. The maximum absolute atomic E-state index is 12.2. The summed E-state index contributed by atoms with van der Waals surface area (Å²) in [6, 6.07) is 2.08. The second-order valence-corrected chi connectivity index (χ2v) is 7.18. The molecule has 0 saturated heterocycles. The monoisotopic (exact) mass is 313 g/mol. The molecule has 0 fully saturated rings. The molecule has 0 spiro atoms. The van der Waals surface area contributed by atoms with Crippen molar-refractivity contribution in [1.82, 2.24) is 9.97 Å². The summed E-state index contributed by atoms with van der Waals surface area (Å²) in [7, 11) is -4.01. The average molecular weight is 313 g/mol. The first-order valence-electron chi connectivity index (χ1n) is 6.23. The summed E-state index contributed by atoms with van der Waals surface area (Å²) in [4.78, 5) is 27.4. The number of H-pyrrole nitrogens is 1. The zero-order valence-corrected chi connectivity index (χ0v) is 11.9. The lowest BCUT2D eigenvalue weighted by Crippen LogP contribution is -2.31. The summed E-state index contributed by atoms with van der Waals surface area (Å²) < 4.78 is 12.2. The minimum absolute atomic E-state index is 0.194. The third-order valence-corrected chi connectivity index (χ3v) is 5.16. The Hall–Kier alpha value is -1.73. The number of aromatic nitrogens is 2. The van der Waals surface area contributed by atoms with Gasteiger partial charge in [-0.1, -0.05) is 0 Å². The minimum Gasteiger partial charge on any atom is -0.480 e. The Bertz CT molecular complexity index is 701. The van der Waals surface area contributed by atoms with Crippen LogP contribution in [-0.2, 0) is 9.36 Å². The summed E-state index contributed by atoms with van der Waals surface area (Å²) >= 11 is 0. The van der Waals surface area contributed by atoms with Crippen molar-refractivity contribution in [3.8, 4) is 0 Å². The van der Waals surface area contributed by atoms with E-state index in [-0.39, 0.29) is 18.1 Å². The highest BCUT2D eigenvalue weighted by Crippen LogP contribution is 2.55. The number of nitrogens with two attached hydrogens (primary N) is 1. The lowest BCUT2D eigenvalue weighted by molar-refractivity contribution is -0.138. The van der Waals surface area contributed by atoms with Crippen LogP contribution in [0, 0.1) is 0 Å². The highest BCUT2D eigenvalue weighted by Gasteiger charge is 2.33. The van der Waals surface area contributed by atoms with E-state index in [2.05, 4.69) is 9.97 Å². The van der Waals surface area contributed by atoms with E-state index in [1.807, 2.05) is 0 Å². The molecule has 0 aliphatic rings. The first-order chi connectivity index (χ1) is 9.83. The number of rotatable bonds is 6. The van der Waals surface area contributed by atoms with Gasteiger partial charge in [-0.3, -0.25) is 9.36 Å². The third-order valence-electron chi connectivity index (χ3n) is 3.22. The Morgan fingerprint density at radius 2 is 2.24 bits per heavy atom. The predicted octanol–water partition coefficient (Wildman–Crippen LogP) is 0.626. The molecule has 9 heteroatoms. The van der Waals surface area contributed by atoms with Crippen LogP contribution in [0.25, 0.3) is 11.0 Å². The molecule has 2 unspecified atom stereocenters. The van der Waals surface area contributed by atoms with E-state index in [0.717, 1.165) is 0 Å². The Balaban J connectivity index is 2.19. The van der Waals surface area contributed by atoms with Gasteiger partial charge in [0, 0.05) is 29.5 Å². The summed E-state index contributed by atoms with van der Waals surface area (Å²) in [6.07, 6.45) is 2.40. The van der Waals surface area contributed by atoms with Gasteiger partial charge in [-0.25, -0.2) is 4.98 Å². The number of pyridine rings is 1. The topological polar surface area (TPSA) is 150 Å². The number of fused-ring (bicyclic) bond motifs is 1. The molecule has 0 amide bonds. The SMILES string of the molecule is N[C@@H](CCP(=O)(O)C(O)c1c[nH]c2ncccc12)C(=O)O. The number of aliphatic carboxylic acids is 1. The quantitative estimate of drug-likeness (QED) is 0.491. The van der Waals surface area contributed by atoms with Gasteiger partial charge in [-0.2, -0.15) is 0 Å². The van der Waals surface area contributed by atoms with Crippen molar-refractivity contribution in [2.75, 3.05) is 6.16 Å². The van der Waals surface area contributed by atoms with Crippen molar-refractivity contribution in [3.63, 3.8) is 0 Å². The molecule has 2 heterocycles. The molecule has 2 aromatic heterocycles. The predicted molar refractivity (Wildman–Crippen MR) is 76.0 cm³/mol. The smallest absolute Gasteiger partial charge is 0.320 e. The Morgan fingerprint density at radius 3 is 2.90 bits per heavy atom. The fraction of sp³-hybridized carbons (Fsp3) is 0.333. The zero-order chi connectivity index (χ0) is 15.6. The highest BCUT2D eigenvalue weighted by molar-refractivity contribution is 7.58. The van der Waals surface area contributed by atoms with Gasteiger partial charge in [-0.05, 0) is 18.6 Å². The first-order valence-corrected chi connectivity index (χ1v) is 8.14. The molecule has 0 bridgehead atoms. The van der Waals surface area contributed by atoms with Crippen LogP contribution in [0.3, 0.4) is 0 Å². The Morgan fingerprint density at radius 1 is 1.52 bits per heavy atom. The summed E-state index contributed by atoms with van der Waals surface area (Å²) in [5.41, 5.74) is 6.05. The molecule has 2 rings (SSSR count). The summed E-state index contributed by atoms with van der Waals surface area (Å²) in [5, 5.41) is 19.4. The Labute approximate surface area is 120 Å². The number of carboxylic acid groups (broad SMARTS) is 1. The fourth-order valence-electron chi connectivity index (χ4n) is 1.98. The van der Waals surface area contributed by atoms with Crippen molar-refractivity contribution in [2.45, 2.75) is 18.3 Å². The summed E-state index contributed by atoms with van der Waals surface area (Å²) in [5.74, 6) is -2.86. The number of carboxylic acids is 1. The average Bonchev–Trinajstić information content (AvgIpc) is 2.87. The second-order valence-electron chi connectivity index (χ2n) is 4.73. The molecule has 2 aromatic rings. The van der Waals surface area contributed by atoms with Gasteiger partial charge in [0.1, 0.15) is 11.7 Å². The van der Waals surface area contributed by atoms with Crippen LogP contribution in [0.2, 0.25) is 0 Å². The molecule has 0 aromatic carbocycles. The standard InChI is InChI=1S/C12H16N3O5P/c13-9(11(16)17)3-5-21(19,20)12(18)8-6-15-10-7(8)2-1-4-14-10/h1-2,4,6,9,12,18H,3,5,13H2,(H,14,15)(H,16,17)(H,19,20)/t9-,12?/m0/s1. The number of aliphatic hydroxyl groups is 1. The Kier molecular flexibility index (Phi) is 4.43. The van der Waals surface area contributed by atoms with Gasteiger partial charge >= 0.3 is 5.97 Å². The molecule has 114 valence electrons. The lowest BCUT2D eigenvalue weighted by Gasteiger charge is -2.18. The van der Waals surface area contributed by atoms with E-state index < -0.39 is 25.2 Å². The van der Waals surface area contributed by atoms with Crippen molar-refractivity contribution in [2.24, 2.45) is 5.73 Å². The first kappa shape index (κ1) is 15.7. The molecule has 3 atom stereocenters. The summed E-state index contributed by atoms with van der Waals surface area (Å²) in [6.45, 7) is 0. The van der Waals surface area contributed by atoms with Gasteiger partial charge < -0.3 is 25.8 Å². The van der Waals surface area contributed by atoms with Gasteiger partial charge in [0.15, 0.2) is 5.85 Å². The number of nitrogens with zero attached hydrogens (tertiary/aromatic N) is 1. The van der Waals surface area contributed by atoms with Crippen LogP contribution in [0.4, 0.5) is 0 Å². The molecule has 0 radical (unpaired) electrons.